The maximum Gasteiger partial charge on any atom is 0.287 e. The molecule has 1 aromatic rings. The molecule has 1 heterocycles. The normalized spacial score (nSPS) is 14.1. The SMILES string of the molecule is CCN(CCNC)C(/C=C\CNC(=O)C1=C(C)Cc2ccccc2O1)=NC. The van der Waals surface area contributed by atoms with Crippen LogP contribution in [0.5, 0.6) is 5.75 Å². The number of nitrogens with one attached hydrogen (secondary N) is 2. The van der Waals surface area contributed by atoms with Crippen LogP contribution in [0.1, 0.15) is 19.4 Å². The molecule has 0 aliphatic carbocycles. The first-order valence-electron chi connectivity index (χ1n) is 9.37. The summed E-state index contributed by atoms with van der Waals surface area (Å²) in [6.07, 6.45) is 4.59. The average molecular weight is 370 g/mol. The van der Waals surface area contributed by atoms with Crippen molar-refractivity contribution < 1.29 is 9.53 Å². The van der Waals surface area contributed by atoms with E-state index in [1.54, 1.807) is 7.05 Å². The van der Waals surface area contributed by atoms with E-state index in [2.05, 4.69) is 27.4 Å². The average Bonchev–Trinajstić information content (AvgIpc) is 2.69. The lowest BCUT2D eigenvalue weighted by Gasteiger charge is -2.22. The Kier molecular flexibility index (Phi) is 8.07. The number of likely N-dealkylation sites (N-methyl/N-ethyl adjacent to an activating group) is 2. The van der Waals surface area contributed by atoms with Gasteiger partial charge in [-0.25, -0.2) is 0 Å². The summed E-state index contributed by atoms with van der Waals surface area (Å²) in [5.74, 6) is 1.87. The van der Waals surface area contributed by atoms with E-state index >= 15 is 0 Å². The van der Waals surface area contributed by atoms with Crippen molar-refractivity contribution in [3.05, 3.63) is 53.3 Å². The minimum atomic E-state index is -0.191. The number of fused-ring (bicyclic) bond motifs is 1. The summed E-state index contributed by atoms with van der Waals surface area (Å²) in [6, 6.07) is 7.81. The number of amidine groups is 1. The number of hydrogen-bond acceptors (Lipinski definition) is 4. The Bertz CT molecular complexity index is 737. The second-order valence-corrected chi connectivity index (χ2v) is 6.37. The molecule has 1 aromatic carbocycles. The van der Waals surface area contributed by atoms with Gasteiger partial charge in [0.05, 0.1) is 0 Å². The van der Waals surface area contributed by atoms with Gasteiger partial charge in [0.1, 0.15) is 11.6 Å². The van der Waals surface area contributed by atoms with Crippen molar-refractivity contribution in [2.24, 2.45) is 4.99 Å². The van der Waals surface area contributed by atoms with E-state index in [1.165, 1.54) is 0 Å². The summed E-state index contributed by atoms with van der Waals surface area (Å²) >= 11 is 0. The standard InChI is InChI=1S/C21H30N4O2/c1-5-25(14-13-22-3)19(23-4)11-8-12-24-21(26)20-16(2)15-17-9-6-7-10-18(17)27-20/h6-11,22H,5,12-15H2,1-4H3,(H,24,26)/b11-8-,23-19?. The van der Waals surface area contributed by atoms with Crippen molar-refractivity contribution in [1.29, 1.82) is 0 Å². The van der Waals surface area contributed by atoms with E-state index in [0.717, 1.165) is 48.8 Å². The molecule has 2 N–H and O–H groups in total. The Hall–Kier alpha value is -2.60. The molecular formula is C21H30N4O2. The van der Waals surface area contributed by atoms with Crippen LogP contribution in [0.2, 0.25) is 0 Å². The van der Waals surface area contributed by atoms with Crippen molar-refractivity contribution in [2.45, 2.75) is 20.3 Å². The quantitative estimate of drug-likeness (QED) is 0.544. The number of allylic oxidation sites excluding steroid dienone is 1. The minimum absolute atomic E-state index is 0.191. The third kappa shape index (κ3) is 5.69. The van der Waals surface area contributed by atoms with Crippen LogP contribution in [-0.4, -0.2) is 56.9 Å². The van der Waals surface area contributed by atoms with Crippen LogP contribution in [0.3, 0.4) is 0 Å². The van der Waals surface area contributed by atoms with Crippen molar-refractivity contribution in [2.75, 3.05) is 40.3 Å². The fraction of sp³-hybridized carbons (Fsp3) is 0.429. The lowest BCUT2D eigenvalue weighted by molar-refractivity contribution is -0.119. The van der Waals surface area contributed by atoms with Crippen LogP contribution in [0.25, 0.3) is 0 Å². The fourth-order valence-corrected chi connectivity index (χ4v) is 2.95. The molecule has 0 atom stereocenters. The monoisotopic (exact) mass is 370 g/mol. The van der Waals surface area contributed by atoms with Gasteiger partial charge >= 0.3 is 0 Å². The molecule has 0 unspecified atom stereocenters. The number of hydrogen-bond donors (Lipinski definition) is 2. The molecule has 0 saturated heterocycles. The van der Waals surface area contributed by atoms with E-state index in [9.17, 15) is 4.79 Å². The molecule has 0 aromatic heterocycles. The molecule has 6 nitrogen and oxygen atoms in total. The van der Waals surface area contributed by atoms with Crippen molar-refractivity contribution in [3.63, 3.8) is 0 Å². The molecular weight excluding hydrogens is 340 g/mol. The Morgan fingerprint density at radius 2 is 2.15 bits per heavy atom. The lowest BCUT2D eigenvalue weighted by atomic mass is 10.0. The smallest absolute Gasteiger partial charge is 0.287 e. The highest BCUT2D eigenvalue weighted by Gasteiger charge is 2.21. The summed E-state index contributed by atoms with van der Waals surface area (Å²) < 4.78 is 5.81. The summed E-state index contributed by atoms with van der Waals surface area (Å²) in [4.78, 5) is 19.0. The largest absolute Gasteiger partial charge is 0.451 e. The first-order chi connectivity index (χ1) is 13.1. The van der Waals surface area contributed by atoms with Crippen LogP contribution in [0.4, 0.5) is 0 Å². The zero-order chi connectivity index (χ0) is 19.6. The second kappa shape index (κ2) is 10.5. The van der Waals surface area contributed by atoms with Crippen LogP contribution < -0.4 is 15.4 Å². The van der Waals surface area contributed by atoms with Gasteiger partial charge < -0.3 is 20.3 Å². The van der Waals surface area contributed by atoms with Crippen LogP contribution in [0, 0.1) is 0 Å². The van der Waals surface area contributed by atoms with Gasteiger partial charge in [0, 0.05) is 39.6 Å². The lowest BCUT2D eigenvalue weighted by Crippen LogP contribution is -2.35. The molecule has 1 aliphatic rings. The highest BCUT2D eigenvalue weighted by Crippen LogP contribution is 2.29. The number of ether oxygens (including phenoxy) is 1. The van der Waals surface area contributed by atoms with Crippen molar-refractivity contribution >= 4 is 11.7 Å². The maximum atomic E-state index is 12.5. The van der Waals surface area contributed by atoms with Crippen LogP contribution in [0.15, 0.2) is 52.7 Å². The molecule has 2 rings (SSSR count). The van der Waals surface area contributed by atoms with Gasteiger partial charge in [0.25, 0.3) is 5.91 Å². The number of aliphatic imine (C=N–C) groups is 1. The summed E-state index contributed by atoms with van der Waals surface area (Å²) in [5, 5.41) is 6.04. The van der Waals surface area contributed by atoms with Crippen LogP contribution in [-0.2, 0) is 11.2 Å². The highest BCUT2D eigenvalue weighted by atomic mass is 16.5. The summed E-state index contributed by atoms with van der Waals surface area (Å²) in [6.45, 7) is 7.11. The number of rotatable bonds is 8. The zero-order valence-electron chi connectivity index (χ0n) is 16.7. The minimum Gasteiger partial charge on any atom is -0.451 e. The Labute approximate surface area is 162 Å². The number of nitrogens with zero attached hydrogens (tertiary/aromatic N) is 2. The number of amides is 1. The molecule has 0 saturated carbocycles. The predicted molar refractivity (Wildman–Crippen MR) is 110 cm³/mol. The van der Waals surface area contributed by atoms with Gasteiger partial charge in [-0.05, 0) is 44.2 Å². The van der Waals surface area contributed by atoms with Crippen molar-refractivity contribution in [1.82, 2.24) is 15.5 Å². The Morgan fingerprint density at radius 3 is 2.85 bits per heavy atom. The Balaban J connectivity index is 1.91. The van der Waals surface area contributed by atoms with Gasteiger partial charge in [-0.15, -0.1) is 0 Å². The van der Waals surface area contributed by atoms with Crippen LogP contribution >= 0.6 is 0 Å². The number of para-hydroxylation sites is 1. The molecule has 6 heteroatoms. The molecule has 0 bridgehead atoms. The van der Waals surface area contributed by atoms with E-state index in [0.29, 0.717) is 12.3 Å². The molecule has 27 heavy (non-hydrogen) atoms. The molecule has 0 radical (unpaired) electrons. The predicted octanol–water partition coefficient (Wildman–Crippen LogP) is 2.14. The highest BCUT2D eigenvalue weighted by molar-refractivity contribution is 5.94. The van der Waals surface area contributed by atoms with E-state index in [-0.39, 0.29) is 5.91 Å². The molecule has 1 amide bonds. The number of carbonyl (C=O) groups is 1. The molecule has 0 spiro atoms. The summed E-state index contributed by atoms with van der Waals surface area (Å²) in [7, 11) is 3.71. The maximum absolute atomic E-state index is 12.5. The molecule has 1 aliphatic heterocycles. The van der Waals surface area contributed by atoms with Gasteiger partial charge in [-0.1, -0.05) is 24.3 Å². The topological polar surface area (TPSA) is 66.0 Å². The zero-order valence-corrected chi connectivity index (χ0v) is 16.7. The third-order valence-corrected chi connectivity index (χ3v) is 4.45. The number of benzene rings is 1. The van der Waals surface area contributed by atoms with E-state index in [4.69, 9.17) is 4.74 Å². The van der Waals surface area contributed by atoms with E-state index < -0.39 is 0 Å². The van der Waals surface area contributed by atoms with Gasteiger partial charge in [-0.3, -0.25) is 9.79 Å². The molecule has 146 valence electrons. The fourth-order valence-electron chi connectivity index (χ4n) is 2.95. The Morgan fingerprint density at radius 1 is 1.37 bits per heavy atom. The van der Waals surface area contributed by atoms with E-state index in [1.807, 2.05) is 50.4 Å². The summed E-state index contributed by atoms with van der Waals surface area (Å²) in [5.41, 5.74) is 2.05. The first kappa shape index (κ1) is 20.7. The van der Waals surface area contributed by atoms with Gasteiger partial charge in [0.2, 0.25) is 0 Å². The first-order valence-corrected chi connectivity index (χ1v) is 9.37. The third-order valence-electron chi connectivity index (χ3n) is 4.45. The second-order valence-electron chi connectivity index (χ2n) is 6.37. The van der Waals surface area contributed by atoms with Gasteiger partial charge in [-0.2, -0.15) is 0 Å². The number of carbonyl (C=O) groups excluding carboxylic acids is 1. The van der Waals surface area contributed by atoms with Crippen molar-refractivity contribution in [3.8, 4) is 5.75 Å². The van der Waals surface area contributed by atoms with Gasteiger partial charge in [0.15, 0.2) is 5.76 Å². The molecule has 0 fully saturated rings.